The van der Waals surface area contributed by atoms with E-state index < -0.39 is 69.8 Å². The van der Waals surface area contributed by atoms with Gasteiger partial charge < -0.3 is 30.5 Å². The Morgan fingerprint density at radius 2 is 0.900 bits per heavy atom. The fourth-order valence-electron chi connectivity index (χ4n) is 9.45. The molecule has 0 aliphatic rings. The number of esters is 2. The lowest BCUT2D eigenvalue weighted by Gasteiger charge is -2.33. The topological polar surface area (TPSA) is 190 Å². The van der Waals surface area contributed by atoms with E-state index in [1.165, 1.54) is 38.9 Å². The van der Waals surface area contributed by atoms with E-state index in [9.17, 15) is 33.9 Å². The van der Waals surface area contributed by atoms with Crippen LogP contribution in [0.2, 0.25) is 0 Å². The van der Waals surface area contributed by atoms with E-state index in [0.29, 0.717) is 25.7 Å². The van der Waals surface area contributed by atoms with Gasteiger partial charge in [-0.2, -0.15) is 0 Å². The molecule has 432 valence electrons. The molecule has 0 spiro atoms. The largest absolute Gasteiger partial charge is 0.480 e. The summed E-state index contributed by atoms with van der Waals surface area (Å²) in [5, 5.41) is 18.3. The summed E-state index contributed by atoms with van der Waals surface area (Å²) in [5.74, 6) is -4.33. The molecular weight excluding hydrogens is 1000 g/mol. The molecule has 1 heterocycles. The lowest BCUT2D eigenvalue weighted by Crippen LogP contribution is -2.55. The van der Waals surface area contributed by atoms with Crippen LogP contribution < -0.4 is 16.0 Å². The number of amides is 3. The SMILES string of the molecule is Cc1cc(CCC[C@H](CC(=O)OC(C)(C)C)C(=O)N[C@H](C(=O)N[C@H](C)c2ccncc2)C(C)(C)C)ccc1-c1ccccc1.Cc1cc(CCC[C@H](CC(=O)OC(C)(C)C)C(=O)N[C@H](C(=O)O)C(C)(C)C)ccc1-c1ccccc1. The molecule has 1 aromatic heterocycles. The molecule has 4 aromatic carbocycles. The number of pyridine rings is 1. The van der Waals surface area contributed by atoms with Crippen molar-refractivity contribution in [1.29, 1.82) is 0 Å². The van der Waals surface area contributed by atoms with Gasteiger partial charge in [0, 0.05) is 24.2 Å². The monoisotopic (exact) mass is 1090 g/mol. The van der Waals surface area contributed by atoms with E-state index in [2.05, 4.69) is 95.4 Å². The summed E-state index contributed by atoms with van der Waals surface area (Å²) >= 11 is 0. The van der Waals surface area contributed by atoms with Crippen LogP contribution in [0.25, 0.3) is 22.3 Å². The summed E-state index contributed by atoms with van der Waals surface area (Å²) in [7, 11) is 0. The van der Waals surface area contributed by atoms with Crippen molar-refractivity contribution in [3.63, 3.8) is 0 Å². The summed E-state index contributed by atoms with van der Waals surface area (Å²) < 4.78 is 11.0. The highest BCUT2D eigenvalue weighted by molar-refractivity contribution is 5.91. The number of hydrogen-bond donors (Lipinski definition) is 4. The Morgan fingerprint density at radius 1 is 0.512 bits per heavy atom. The van der Waals surface area contributed by atoms with Gasteiger partial charge in [0.05, 0.1) is 18.9 Å². The number of nitrogens with zero attached hydrogens (tertiary/aromatic N) is 1. The van der Waals surface area contributed by atoms with Gasteiger partial charge in [-0.15, -0.1) is 0 Å². The van der Waals surface area contributed by atoms with E-state index in [-0.39, 0.29) is 30.7 Å². The first-order valence-corrected chi connectivity index (χ1v) is 28.1. The van der Waals surface area contributed by atoms with Crippen molar-refractivity contribution in [3.8, 4) is 22.3 Å². The van der Waals surface area contributed by atoms with E-state index in [1.54, 1.807) is 53.9 Å². The van der Waals surface area contributed by atoms with E-state index >= 15 is 0 Å². The normalized spacial score (nSPS) is 13.7. The molecule has 80 heavy (non-hydrogen) atoms. The Balaban J connectivity index is 0.000000352. The van der Waals surface area contributed by atoms with Gasteiger partial charge in [-0.05, 0) is 174 Å². The number of ether oxygens (including phenoxy) is 2. The van der Waals surface area contributed by atoms with E-state index in [1.807, 2.05) is 97.0 Å². The van der Waals surface area contributed by atoms with E-state index in [4.69, 9.17) is 9.47 Å². The van der Waals surface area contributed by atoms with Crippen molar-refractivity contribution in [2.45, 2.75) is 185 Å². The average Bonchev–Trinajstić information content (AvgIpc) is 3.35. The fraction of sp³-hybridized carbons (Fsp3) is 0.478. The molecule has 0 aliphatic carbocycles. The summed E-state index contributed by atoms with van der Waals surface area (Å²) in [6, 6.07) is 34.9. The maximum absolute atomic E-state index is 13.8. The summed E-state index contributed by atoms with van der Waals surface area (Å²) in [6.07, 6.45) is 7.04. The third-order valence-corrected chi connectivity index (χ3v) is 13.6. The number of benzene rings is 4. The molecule has 5 atom stereocenters. The third kappa shape index (κ3) is 22.2. The highest BCUT2D eigenvalue weighted by Crippen LogP contribution is 2.29. The van der Waals surface area contributed by atoms with Crippen molar-refractivity contribution < 1.29 is 43.3 Å². The third-order valence-electron chi connectivity index (χ3n) is 13.6. The standard InChI is InChI=1S/C37H49N3O4.C30H41NO5/c1-25-23-27(17-18-31(25)29-14-10-9-11-15-29)13-12-16-30(24-32(41)44-37(6,7)8)34(42)40-33(36(3,4)5)35(43)39-26(2)28-19-21-38-22-20-28;1-20-18-21(16-17-24(20)22-13-9-8-10-14-22)12-11-15-23(19-25(32)36-30(5,6)7)27(33)31-26(28(34)35)29(2,3)4/h9-11,14-15,17-23,26,30,33H,12-13,16,24H2,1-8H3,(H,39,43)(H,40,42);8-10,13-14,16-18,23,26H,11-12,15,19H2,1-7H3,(H,31,33)(H,34,35)/t26-,30-,33-;23-,26-/m11/s1. The molecule has 5 aromatic rings. The zero-order chi connectivity index (χ0) is 59.6. The molecule has 5 rings (SSSR count). The van der Waals surface area contributed by atoms with Gasteiger partial charge in [0.15, 0.2) is 0 Å². The van der Waals surface area contributed by atoms with Gasteiger partial charge in [-0.1, -0.05) is 139 Å². The summed E-state index contributed by atoms with van der Waals surface area (Å²) in [5.41, 5.74) is 7.79. The zero-order valence-corrected chi connectivity index (χ0v) is 50.3. The lowest BCUT2D eigenvalue weighted by molar-refractivity contribution is -0.158. The predicted octanol–water partition coefficient (Wildman–Crippen LogP) is 13.1. The maximum Gasteiger partial charge on any atom is 0.326 e. The minimum Gasteiger partial charge on any atom is -0.480 e. The molecule has 13 heteroatoms. The second-order valence-electron chi connectivity index (χ2n) is 25.3. The Hall–Kier alpha value is -7.15. The van der Waals surface area contributed by atoms with Gasteiger partial charge >= 0.3 is 17.9 Å². The second-order valence-corrected chi connectivity index (χ2v) is 25.3. The first kappa shape index (κ1) is 65.4. The molecule has 0 radical (unpaired) electrons. The maximum atomic E-state index is 13.8. The molecular formula is C67H90N4O9. The van der Waals surface area contributed by atoms with Crippen LogP contribution in [0.15, 0.2) is 122 Å². The van der Waals surface area contributed by atoms with Crippen LogP contribution >= 0.6 is 0 Å². The summed E-state index contributed by atoms with van der Waals surface area (Å²) in [4.78, 5) is 81.5. The molecule has 3 amide bonds. The number of rotatable bonds is 22. The number of aryl methyl sites for hydroxylation is 4. The second kappa shape index (κ2) is 29.4. The van der Waals surface area contributed by atoms with Crippen LogP contribution in [0.3, 0.4) is 0 Å². The van der Waals surface area contributed by atoms with Crippen LogP contribution in [-0.4, -0.2) is 69.0 Å². The number of aliphatic carboxylic acids is 1. The number of carboxylic acids is 1. The molecule has 0 aliphatic heterocycles. The van der Waals surface area contributed by atoms with Crippen LogP contribution in [0.5, 0.6) is 0 Å². The quantitative estimate of drug-likeness (QED) is 0.0485. The first-order chi connectivity index (χ1) is 37.3. The highest BCUT2D eigenvalue weighted by Gasteiger charge is 2.37. The van der Waals surface area contributed by atoms with Gasteiger partial charge in [-0.25, -0.2) is 4.79 Å². The Bertz CT molecular complexity index is 2820. The number of nitrogens with one attached hydrogen (secondary N) is 3. The van der Waals surface area contributed by atoms with Gasteiger partial charge in [-0.3, -0.25) is 29.0 Å². The number of aromatic nitrogens is 1. The molecule has 0 bridgehead atoms. The van der Waals surface area contributed by atoms with Crippen molar-refractivity contribution >= 4 is 35.6 Å². The van der Waals surface area contributed by atoms with Gasteiger partial charge in [0.2, 0.25) is 17.7 Å². The molecule has 0 saturated carbocycles. The average molecular weight is 1100 g/mol. The zero-order valence-electron chi connectivity index (χ0n) is 50.3. The van der Waals surface area contributed by atoms with Crippen molar-refractivity contribution in [2.24, 2.45) is 22.7 Å². The van der Waals surface area contributed by atoms with E-state index in [0.717, 1.165) is 24.0 Å². The Kier molecular flexibility index (Phi) is 24.0. The number of hydrogen-bond acceptors (Lipinski definition) is 9. The number of carboxylic acid groups (broad SMARTS) is 1. The first-order valence-electron chi connectivity index (χ1n) is 28.1. The molecule has 13 nitrogen and oxygen atoms in total. The molecule has 0 saturated heterocycles. The molecule has 0 fully saturated rings. The fourth-order valence-corrected chi connectivity index (χ4v) is 9.45. The highest BCUT2D eigenvalue weighted by atomic mass is 16.6. The molecule has 4 N–H and O–H groups in total. The number of carbonyl (C=O) groups is 6. The van der Waals surface area contributed by atoms with Crippen molar-refractivity contribution in [1.82, 2.24) is 20.9 Å². The Morgan fingerprint density at radius 3 is 1.25 bits per heavy atom. The van der Waals surface area contributed by atoms with Gasteiger partial charge in [0.25, 0.3) is 0 Å². The molecule has 0 unspecified atom stereocenters. The predicted molar refractivity (Wildman–Crippen MR) is 318 cm³/mol. The van der Waals surface area contributed by atoms with Crippen molar-refractivity contribution in [3.05, 3.63) is 149 Å². The minimum atomic E-state index is -1.10. The Labute approximate surface area is 476 Å². The lowest BCUT2D eigenvalue weighted by atomic mass is 9.85. The van der Waals surface area contributed by atoms with Gasteiger partial charge in [0.1, 0.15) is 23.3 Å². The van der Waals surface area contributed by atoms with Crippen molar-refractivity contribution in [2.75, 3.05) is 0 Å². The summed E-state index contributed by atoms with van der Waals surface area (Å²) in [6.45, 7) is 27.9. The smallest absolute Gasteiger partial charge is 0.326 e. The van der Waals surface area contributed by atoms with Crippen LogP contribution in [0, 0.1) is 36.5 Å². The van der Waals surface area contributed by atoms with Crippen LogP contribution in [-0.2, 0) is 51.1 Å². The minimum absolute atomic E-state index is 0.0546. The number of carbonyl (C=O) groups excluding carboxylic acids is 5. The van der Waals surface area contributed by atoms with Crippen LogP contribution in [0.1, 0.15) is 162 Å². The van der Waals surface area contributed by atoms with Crippen LogP contribution in [0.4, 0.5) is 0 Å².